The number of likely N-dealkylation sites (tertiary alicyclic amines) is 1. The largest absolute Gasteiger partial charge is 0.444 e. The number of ether oxygens (including phenoxy) is 1. The van der Waals surface area contributed by atoms with E-state index in [2.05, 4.69) is 0 Å². The molecule has 0 aromatic heterocycles. The lowest BCUT2D eigenvalue weighted by molar-refractivity contribution is 0.0237. The zero-order valence-corrected chi connectivity index (χ0v) is 15.1. The predicted octanol–water partition coefficient (Wildman–Crippen LogP) is 3.86. The first-order chi connectivity index (χ1) is 10.2. The van der Waals surface area contributed by atoms with Crippen LogP contribution in [0.15, 0.2) is 0 Å². The lowest BCUT2D eigenvalue weighted by Crippen LogP contribution is -2.41. The Morgan fingerprint density at radius 3 is 2.27 bits per heavy atom. The summed E-state index contributed by atoms with van der Waals surface area (Å²) in [5.74, 6) is -0.0282. The molecule has 0 aromatic carbocycles. The summed E-state index contributed by atoms with van der Waals surface area (Å²) in [6.07, 6.45) is 3.81. The highest BCUT2D eigenvalue weighted by Crippen LogP contribution is 2.61. The quantitative estimate of drug-likeness (QED) is 0.734. The standard InChI is InChI=1S/C15H28NO5P/c1-15(2,3)21-14(17)16-10-11-8-6-7-9-12(11)13(16)22(18,19-4)20-5/h11-13H,6-10H2,1-5H3/t11-,12-,13+/m1/s1. The maximum atomic E-state index is 13.0. The fourth-order valence-corrected chi connectivity index (χ4v) is 5.62. The van der Waals surface area contributed by atoms with Crippen LogP contribution in [0, 0.1) is 11.8 Å². The van der Waals surface area contributed by atoms with Gasteiger partial charge in [0.25, 0.3) is 0 Å². The molecule has 6 nitrogen and oxygen atoms in total. The number of hydrogen-bond acceptors (Lipinski definition) is 5. The van der Waals surface area contributed by atoms with E-state index in [1.54, 1.807) is 4.90 Å². The molecule has 0 radical (unpaired) electrons. The molecule has 1 saturated heterocycles. The Labute approximate surface area is 133 Å². The van der Waals surface area contributed by atoms with Gasteiger partial charge in [-0.15, -0.1) is 0 Å². The van der Waals surface area contributed by atoms with Crippen molar-refractivity contribution in [1.29, 1.82) is 0 Å². The van der Waals surface area contributed by atoms with Crippen molar-refractivity contribution < 1.29 is 23.1 Å². The molecule has 22 heavy (non-hydrogen) atoms. The Morgan fingerprint density at radius 1 is 1.14 bits per heavy atom. The van der Waals surface area contributed by atoms with Crippen molar-refractivity contribution in [3.8, 4) is 0 Å². The molecule has 128 valence electrons. The zero-order valence-electron chi connectivity index (χ0n) is 14.2. The van der Waals surface area contributed by atoms with E-state index in [1.165, 1.54) is 14.2 Å². The SMILES string of the molecule is COP(=O)(OC)[C@H]1[C@@H]2CCCC[C@@H]2CN1C(=O)OC(C)(C)C. The van der Waals surface area contributed by atoms with Gasteiger partial charge in [0.15, 0.2) is 0 Å². The third kappa shape index (κ3) is 3.50. The van der Waals surface area contributed by atoms with E-state index < -0.39 is 25.1 Å². The second-order valence-corrected chi connectivity index (χ2v) is 9.50. The van der Waals surface area contributed by atoms with E-state index in [4.69, 9.17) is 13.8 Å². The fourth-order valence-electron chi connectivity index (χ4n) is 3.65. The van der Waals surface area contributed by atoms with Crippen LogP contribution >= 0.6 is 7.60 Å². The van der Waals surface area contributed by atoms with Gasteiger partial charge >= 0.3 is 13.7 Å². The summed E-state index contributed by atoms with van der Waals surface area (Å²) in [7, 11) is -0.603. The molecule has 1 saturated carbocycles. The highest BCUT2D eigenvalue weighted by Gasteiger charge is 2.55. The molecular weight excluding hydrogens is 305 g/mol. The molecule has 2 rings (SSSR count). The Kier molecular flexibility index (Phi) is 5.25. The third-order valence-corrected chi connectivity index (χ3v) is 6.89. The van der Waals surface area contributed by atoms with Crippen molar-refractivity contribution in [1.82, 2.24) is 4.90 Å². The van der Waals surface area contributed by atoms with Crippen LogP contribution in [0.25, 0.3) is 0 Å². The van der Waals surface area contributed by atoms with Gasteiger partial charge in [0, 0.05) is 20.8 Å². The molecule has 1 heterocycles. The molecule has 0 unspecified atom stereocenters. The Bertz CT molecular complexity index is 453. The van der Waals surface area contributed by atoms with E-state index >= 15 is 0 Å². The summed E-state index contributed by atoms with van der Waals surface area (Å²) < 4.78 is 28.9. The van der Waals surface area contributed by atoms with E-state index in [1.807, 2.05) is 20.8 Å². The zero-order chi connectivity index (χ0) is 16.5. The topological polar surface area (TPSA) is 65.1 Å². The molecule has 0 N–H and O–H groups in total. The van der Waals surface area contributed by atoms with Gasteiger partial charge < -0.3 is 13.8 Å². The van der Waals surface area contributed by atoms with Crippen LogP contribution in [-0.2, 0) is 18.3 Å². The molecule has 1 aliphatic carbocycles. The fraction of sp³-hybridized carbons (Fsp3) is 0.933. The smallest absolute Gasteiger partial charge is 0.411 e. The lowest BCUT2D eigenvalue weighted by Gasteiger charge is -2.34. The van der Waals surface area contributed by atoms with E-state index in [-0.39, 0.29) is 5.92 Å². The second-order valence-electron chi connectivity index (χ2n) is 7.16. The van der Waals surface area contributed by atoms with Crippen molar-refractivity contribution in [3.63, 3.8) is 0 Å². The average Bonchev–Trinajstić information content (AvgIpc) is 2.85. The van der Waals surface area contributed by atoms with Gasteiger partial charge in [0.1, 0.15) is 11.4 Å². The molecule has 3 atom stereocenters. The summed E-state index contributed by atoms with van der Waals surface area (Å²) >= 11 is 0. The molecule has 2 fully saturated rings. The number of carbonyl (C=O) groups is 1. The van der Waals surface area contributed by atoms with Gasteiger partial charge in [0.05, 0.1) is 0 Å². The first-order valence-corrected chi connectivity index (χ1v) is 9.54. The van der Waals surface area contributed by atoms with Crippen LogP contribution in [0.4, 0.5) is 4.79 Å². The van der Waals surface area contributed by atoms with Gasteiger partial charge in [-0.1, -0.05) is 12.8 Å². The molecule has 0 aromatic rings. The van der Waals surface area contributed by atoms with Crippen molar-refractivity contribution in [2.24, 2.45) is 11.8 Å². The Morgan fingerprint density at radius 2 is 1.73 bits per heavy atom. The van der Waals surface area contributed by atoms with Crippen molar-refractivity contribution >= 4 is 13.7 Å². The lowest BCUT2D eigenvalue weighted by atomic mass is 9.82. The van der Waals surface area contributed by atoms with Gasteiger partial charge in [0.2, 0.25) is 0 Å². The second kappa shape index (κ2) is 6.50. The summed E-state index contributed by atoms with van der Waals surface area (Å²) in [4.78, 5) is 14.1. The Hall–Kier alpha value is -0.580. The molecule has 1 amide bonds. The van der Waals surface area contributed by atoms with Crippen LogP contribution in [-0.4, -0.2) is 43.1 Å². The van der Waals surface area contributed by atoms with E-state index in [9.17, 15) is 9.36 Å². The van der Waals surface area contributed by atoms with Crippen LogP contribution in [0.2, 0.25) is 0 Å². The average molecular weight is 333 g/mol. The summed E-state index contributed by atoms with van der Waals surface area (Å²) in [6, 6.07) is 0. The molecular formula is C15H28NO5P. The third-order valence-electron chi connectivity index (χ3n) is 4.56. The highest BCUT2D eigenvalue weighted by molar-refractivity contribution is 7.54. The number of carbonyl (C=O) groups excluding carboxylic acids is 1. The number of fused-ring (bicyclic) bond motifs is 1. The summed E-state index contributed by atoms with van der Waals surface area (Å²) in [6.45, 7) is 6.06. The molecule has 0 bridgehead atoms. The van der Waals surface area contributed by atoms with Crippen LogP contribution in [0.3, 0.4) is 0 Å². The Balaban J connectivity index is 2.29. The minimum Gasteiger partial charge on any atom is -0.444 e. The number of nitrogens with zero attached hydrogens (tertiary/aromatic N) is 1. The van der Waals surface area contributed by atoms with Crippen molar-refractivity contribution in [2.75, 3.05) is 20.8 Å². The molecule has 7 heteroatoms. The highest BCUT2D eigenvalue weighted by atomic mass is 31.2. The van der Waals surface area contributed by atoms with Gasteiger partial charge in [-0.2, -0.15) is 0 Å². The van der Waals surface area contributed by atoms with Crippen LogP contribution in [0.5, 0.6) is 0 Å². The molecule has 2 aliphatic rings. The number of amides is 1. The van der Waals surface area contributed by atoms with Gasteiger partial charge in [-0.25, -0.2) is 4.79 Å². The summed E-state index contributed by atoms with van der Waals surface area (Å²) in [5, 5.41) is 0. The predicted molar refractivity (Wildman–Crippen MR) is 83.8 cm³/mol. The first kappa shape index (κ1) is 17.8. The number of rotatable bonds is 3. The van der Waals surface area contributed by atoms with Crippen molar-refractivity contribution in [3.05, 3.63) is 0 Å². The van der Waals surface area contributed by atoms with Crippen LogP contribution < -0.4 is 0 Å². The van der Waals surface area contributed by atoms with Gasteiger partial charge in [-0.3, -0.25) is 9.46 Å². The normalized spacial score (nSPS) is 29.3. The van der Waals surface area contributed by atoms with E-state index in [0.29, 0.717) is 12.5 Å². The first-order valence-electron chi connectivity index (χ1n) is 7.92. The van der Waals surface area contributed by atoms with Crippen LogP contribution in [0.1, 0.15) is 46.5 Å². The number of hydrogen-bond donors (Lipinski definition) is 0. The minimum atomic E-state index is -3.37. The maximum Gasteiger partial charge on any atom is 0.411 e. The van der Waals surface area contributed by atoms with Gasteiger partial charge in [-0.05, 0) is 45.4 Å². The van der Waals surface area contributed by atoms with Crippen molar-refractivity contribution in [2.45, 2.75) is 57.8 Å². The molecule has 0 spiro atoms. The monoisotopic (exact) mass is 333 g/mol. The maximum absolute atomic E-state index is 13.0. The minimum absolute atomic E-state index is 0.159. The summed E-state index contributed by atoms with van der Waals surface area (Å²) in [5.41, 5.74) is -0.584. The van der Waals surface area contributed by atoms with E-state index in [0.717, 1.165) is 25.7 Å². The molecule has 1 aliphatic heterocycles.